The number of fused-ring (bicyclic) bond motifs is 2. The van der Waals surface area contributed by atoms with E-state index < -0.39 is 0 Å². The Kier molecular flexibility index (Phi) is 6.30. The molecule has 1 aromatic heterocycles. The number of carbonyl (C=O) groups is 2. The average Bonchev–Trinajstić information content (AvgIpc) is 3.59. The summed E-state index contributed by atoms with van der Waals surface area (Å²) in [4.78, 5) is 35.7. The lowest BCUT2D eigenvalue weighted by molar-refractivity contribution is -0.131. The summed E-state index contributed by atoms with van der Waals surface area (Å²) in [6.07, 6.45) is 8.64. The van der Waals surface area contributed by atoms with Crippen LogP contribution in [0.25, 0.3) is 22.6 Å². The minimum Gasteiger partial charge on any atom is -0.343 e. The summed E-state index contributed by atoms with van der Waals surface area (Å²) < 4.78 is 0. The fourth-order valence-electron chi connectivity index (χ4n) is 6.11. The van der Waals surface area contributed by atoms with Crippen LogP contribution in [0.3, 0.4) is 0 Å². The molecule has 0 unspecified atom stereocenters. The second-order valence-corrected chi connectivity index (χ2v) is 10.4. The Labute approximate surface area is 212 Å². The van der Waals surface area contributed by atoms with Crippen LogP contribution in [0.15, 0.2) is 54.6 Å². The van der Waals surface area contributed by atoms with Gasteiger partial charge < -0.3 is 9.80 Å². The van der Waals surface area contributed by atoms with Gasteiger partial charge in [-0.3, -0.25) is 9.59 Å². The van der Waals surface area contributed by atoms with E-state index >= 15 is 0 Å². The van der Waals surface area contributed by atoms with Crippen LogP contribution in [-0.4, -0.2) is 52.8 Å². The minimum atomic E-state index is 0.120. The van der Waals surface area contributed by atoms with E-state index in [9.17, 15) is 9.59 Å². The SMILES string of the molecule is O=C(CC1CCN(C(=O)c2c3c(nc4ccccc24)/C(=C\c2ccccc2)CC3)CC1)N1CCCC1. The third kappa shape index (κ3) is 4.43. The molecule has 2 fully saturated rings. The number of hydrogen-bond acceptors (Lipinski definition) is 3. The molecule has 0 saturated carbocycles. The van der Waals surface area contributed by atoms with Crippen LogP contribution < -0.4 is 0 Å². The molecule has 5 nitrogen and oxygen atoms in total. The second-order valence-electron chi connectivity index (χ2n) is 10.4. The Balaban J connectivity index is 1.25. The van der Waals surface area contributed by atoms with Crippen LogP contribution >= 0.6 is 0 Å². The van der Waals surface area contributed by atoms with Gasteiger partial charge in [0.2, 0.25) is 5.91 Å². The van der Waals surface area contributed by atoms with Gasteiger partial charge in [-0.2, -0.15) is 0 Å². The molecule has 6 rings (SSSR count). The lowest BCUT2D eigenvalue weighted by atomic mass is 9.91. The third-order valence-electron chi connectivity index (χ3n) is 8.12. The van der Waals surface area contributed by atoms with E-state index in [0.717, 1.165) is 98.0 Å². The van der Waals surface area contributed by atoms with Crippen molar-refractivity contribution in [2.45, 2.75) is 44.9 Å². The number of para-hydroxylation sites is 1. The third-order valence-corrected chi connectivity index (χ3v) is 8.12. The molecule has 0 spiro atoms. The maximum Gasteiger partial charge on any atom is 0.254 e. The Morgan fingerprint density at radius 1 is 0.861 bits per heavy atom. The highest BCUT2D eigenvalue weighted by Gasteiger charge is 2.32. The van der Waals surface area contributed by atoms with E-state index in [4.69, 9.17) is 4.98 Å². The van der Waals surface area contributed by atoms with Crippen molar-refractivity contribution in [1.29, 1.82) is 0 Å². The van der Waals surface area contributed by atoms with Crippen molar-refractivity contribution in [2.24, 2.45) is 5.92 Å². The summed E-state index contributed by atoms with van der Waals surface area (Å²) in [5.41, 5.74) is 6.15. The van der Waals surface area contributed by atoms with Gasteiger partial charge >= 0.3 is 0 Å². The fraction of sp³-hybridized carbons (Fsp3) is 0.387. The van der Waals surface area contributed by atoms with Crippen LogP contribution in [0.4, 0.5) is 0 Å². The van der Waals surface area contributed by atoms with Crippen LogP contribution in [0.1, 0.15) is 65.7 Å². The molecule has 1 aliphatic carbocycles. The minimum absolute atomic E-state index is 0.120. The van der Waals surface area contributed by atoms with Gasteiger partial charge in [-0.1, -0.05) is 48.5 Å². The van der Waals surface area contributed by atoms with Crippen molar-refractivity contribution >= 4 is 34.4 Å². The summed E-state index contributed by atoms with van der Waals surface area (Å²) in [5.74, 6) is 0.797. The van der Waals surface area contributed by atoms with E-state index in [-0.39, 0.29) is 5.91 Å². The highest BCUT2D eigenvalue weighted by molar-refractivity contribution is 6.09. The summed E-state index contributed by atoms with van der Waals surface area (Å²) in [6, 6.07) is 18.4. The molecule has 3 heterocycles. The van der Waals surface area contributed by atoms with Gasteiger partial charge in [-0.15, -0.1) is 0 Å². The molecule has 3 aromatic rings. The molecule has 3 aliphatic rings. The Hall–Kier alpha value is -3.47. The van der Waals surface area contributed by atoms with E-state index in [2.05, 4.69) is 18.2 Å². The maximum absolute atomic E-state index is 14.0. The van der Waals surface area contributed by atoms with Gasteiger partial charge in [0.25, 0.3) is 5.91 Å². The van der Waals surface area contributed by atoms with Crippen LogP contribution in [0, 0.1) is 5.92 Å². The number of likely N-dealkylation sites (tertiary alicyclic amines) is 2. The van der Waals surface area contributed by atoms with Crippen molar-refractivity contribution in [2.75, 3.05) is 26.2 Å². The zero-order valence-electron chi connectivity index (χ0n) is 20.8. The molecular formula is C31H33N3O2. The predicted octanol–water partition coefficient (Wildman–Crippen LogP) is 5.59. The van der Waals surface area contributed by atoms with Crippen molar-refractivity contribution in [3.63, 3.8) is 0 Å². The number of hydrogen-bond donors (Lipinski definition) is 0. The smallest absolute Gasteiger partial charge is 0.254 e. The molecular weight excluding hydrogens is 446 g/mol. The number of pyridine rings is 1. The van der Waals surface area contributed by atoms with Crippen LogP contribution in [0.2, 0.25) is 0 Å². The number of aromatic nitrogens is 1. The van der Waals surface area contributed by atoms with Crippen molar-refractivity contribution in [3.05, 3.63) is 77.0 Å². The van der Waals surface area contributed by atoms with Gasteiger partial charge in [-0.05, 0) is 73.3 Å². The molecule has 2 aliphatic heterocycles. The second kappa shape index (κ2) is 9.88. The monoisotopic (exact) mass is 479 g/mol. The summed E-state index contributed by atoms with van der Waals surface area (Å²) in [7, 11) is 0. The Bertz CT molecular complexity index is 1320. The highest BCUT2D eigenvalue weighted by Crippen LogP contribution is 2.38. The summed E-state index contributed by atoms with van der Waals surface area (Å²) >= 11 is 0. The average molecular weight is 480 g/mol. The van der Waals surface area contributed by atoms with Gasteiger partial charge in [0, 0.05) is 38.0 Å². The van der Waals surface area contributed by atoms with Gasteiger partial charge in [0.05, 0.1) is 16.8 Å². The zero-order chi connectivity index (χ0) is 24.5. The molecule has 0 N–H and O–H groups in total. The summed E-state index contributed by atoms with van der Waals surface area (Å²) in [6.45, 7) is 3.26. The van der Waals surface area contributed by atoms with E-state index in [0.29, 0.717) is 18.2 Å². The topological polar surface area (TPSA) is 53.5 Å². The van der Waals surface area contributed by atoms with E-state index in [1.165, 1.54) is 5.57 Å². The maximum atomic E-state index is 14.0. The van der Waals surface area contributed by atoms with E-state index in [1.807, 2.05) is 52.3 Å². The van der Waals surface area contributed by atoms with Crippen molar-refractivity contribution < 1.29 is 9.59 Å². The number of rotatable bonds is 4. The molecule has 5 heteroatoms. The number of carbonyl (C=O) groups excluding carboxylic acids is 2. The predicted molar refractivity (Wildman–Crippen MR) is 143 cm³/mol. The molecule has 36 heavy (non-hydrogen) atoms. The zero-order valence-corrected chi connectivity index (χ0v) is 20.8. The number of benzene rings is 2. The van der Waals surface area contributed by atoms with Gasteiger partial charge in [0.15, 0.2) is 0 Å². The molecule has 2 saturated heterocycles. The first kappa shape index (κ1) is 23.0. The lowest BCUT2D eigenvalue weighted by Gasteiger charge is -2.33. The van der Waals surface area contributed by atoms with E-state index in [1.54, 1.807) is 0 Å². The van der Waals surface area contributed by atoms with Crippen molar-refractivity contribution in [1.82, 2.24) is 14.8 Å². The first-order valence-corrected chi connectivity index (χ1v) is 13.4. The first-order chi connectivity index (χ1) is 17.7. The fourth-order valence-corrected chi connectivity index (χ4v) is 6.11. The highest BCUT2D eigenvalue weighted by atomic mass is 16.2. The molecule has 0 bridgehead atoms. The van der Waals surface area contributed by atoms with Gasteiger partial charge in [0.1, 0.15) is 0 Å². The Morgan fingerprint density at radius 2 is 1.58 bits per heavy atom. The van der Waals surface area contributed by atoms with Crippen LogP contribution in [0.5, 0.6) is 0 Å². The standard InChI is InChI=1S/C31H33N3O2/c35-28(33-16-6-7-17-33)21-23-14-18-34(19-15-23)31(36)29-25-10-4-5-11-27(25)32-30-24(12-13-26(29)30)20-22-8-2-1-3-9-22/h1-5,8-11,20,23H,6-7,12-19,21H2/b24-20-. The number of amides is 2. The molecule has 0 radical (unpaired) electrons. The Morgan fingerprint density at radius 3 is 2.36 bits per heavy atom. The van der Waals surface area contributed by atoms with Crippen molar-refractivity contribution in [3.8, 4) is 0 Å². The number of allylic oxidation sites excluding steroid dienone is 1. The molecule has 0 atom stereocenters. The molecule has 2 amide bonds. The number of nitrogens with zero attached hydrogens (tertiary/aromatic N) is 3. The molecule has 184 valence electrons. The number of piperidine rings is 1. The lowest BCUT2D eigenvalue weighted by Crippen LogP contribution is -2.40. The largest absolute Gasteiger partial charge is 0.343 e. The van der Waals surface area contributed by atoms with Crippen LogP contribution in [-0.2, 0) is 11.2 Å². The molecule has 2 aromatic carbocycles. The first-order valence-electron chi connectivity index (χ1n) is 13.4. The normalized spacial score (nSPS) is 19.3. The summed E-state index contributed by atoms with van der Waals surface area (Å²) in [5, 5.41) is 0.952. The van der Waals surface area contributed by atoms with Gasteiger partial charge in [-0.25, -0.2) is 4.98 Å². The quantitative estimate of drug-likeness (QED) is 0.490.